The molecule has 0 radical (unpaired) electrons. The number of halogens is 1. The second-order valence-corrected chi connectivity index (χ2v) is 8.11. The molecule has 2 heterocycles. The van der Waals surface area contributed by atoms with E-state index in [1.165, 1.54) is 12.8 Å². The zero-order valence-electron chi connectivity index (χ0n) is 15.3. The third-order valence-corrected chi connectivity index (χ3v) is 5.86. The Balaban J connectivity index is 1.56. The number of benzene rings is 2. The van der Waals surface area contributed by atoms with Gasteiger partial charge >= 0.3 is 0 Å². The van der Waals surface area contributed by atoms with E-state index in [4.69, 9.17) is 4.74 Å². The summed E-state index contributed by atoms with van der Waals surface area (Å²) in [5.74, 6) is 1.70. The highest BCUT2D eigenvalue weighted by Gasteiger charge is 2.24. The zero-order chi connectivity index (χ0) is 19.3. The summed E-state index contributed by atoms with van der Waals surface area (Å²) in [6, 6.07) is 13.6. The Morgan fingerprint density at radius 3 is 2.86 bits per heavy atom. The second kappa shape index (κ2) is 6.83. The number of aliphatic hydroxyl groups is 1. The fraction of sp³-hybridized carbons (Fsp3) is 0.286. The summed E-state index contributed by atoms with van der Waals surface area (Å²) in [7, 11) is 0. The maximum Gasteiger partial charge on any atom is 0.225 e. The van der Waals surface area contributed by atoms with Crippen LogP contribution in [0.2, 0.25) is 0 Å². The summed E-state index contributed by atoms with van der Waals surface area (Å²) in [6.45, 7) is 2.61. The van der Waals surface area contributed by atoms with Gasteiger partial charge in [-0.3, -0.25) is 0 Å². The van der Waals surface area contributed by atoms with Crippen molar-refractivity contribution in [1.29, 1.82) is 0 Å². The molecule has 1 fully saturated rings. The largest absolute Gasteiger partial charge is 0.437 e. The van der Waals surface area contributed by atoms with Crippen molar-refractivity contribution < 1.29 is 9.84 Å². The minimum Gasteiger partial charge on any atom is -0.437 e. The lowest BCUT2D eigenvalue weighted by atomic mass is 10.1. The number of nitrogens with zero attached hydrogens (tertiary/aromatic N) is 4. The molecule has 1 atom stereocenters. The minimum atomic E-state index is -0.700. The van der Waals surface area contributed by atoms with Crippen molar-refractivity contribution in [3.8, 4) is 11.6 Å². The van der Waals surface area contributed by atoms with Crippen molar-refractivity contribution in [2.24, 2.45) is 5.92 Å². The van der Waals surface area contributed by atoms with Gasteiger partial charge in [0.2, 0.25) is 5.88 Å². The smallest absolute Gasteiger partial charge is 0.225 e. The molecule has 2 aromatic heterocycles. The first-order valence-electron chi connectivity index (χ1n) is 9.37. The average Bonchev–Trinajstić information content (AvgIpc) is 3.41. The van der Waals surface area contributed by atoms with Gasteiger partial charge < -0.3 is 9.84 Å². The van der Waals surface area contributed by atoms with Gasteiger partial charge in [-0.2, -0.15) is 0 Å². The van der Waals surface area contributed by atoms with Gasteiger partial charge in [0.25, 0.3) is 0 Å². The molecule has 1 aliphatic rings. The van der Waals surface area contributed by atoms with Crippen LogP contribution in [0, 0.1) is 5.92 Å². The van der Waals surface area contributed by atoms with E-state index in [-0.39, 0.29) is 0 Å². The van der Waals surface area contributed by atoms with Crippen molar-refractivity contribution in [2.45, 2.75) is 32.4 Å². The van der Waals surface area contributed by atoms with Gasteiger partial charge in [0.1, 0.15) is 11.3 Å². The van der Waals surface area contributed by atoms with E-state index in [2.05, 4.69) is 31.2 Å². The first-order chi connectivity index (χ1) is 13.6. The van der Waals surface area contributed by atoms with Crippen LogP contribution in [-0.4, -0.2) is 25.1 Å². The molecule has 5 rings (SSSR count). The van der Waals surface area contributed by atoms with Crippen LogP contribution < -0.4 is 4.74 Å². The van der Waals surface area contributed by atoms with Crippen molar-refractivity contribution in [3.63, 3.8) is 0 Å². The summed E-state index contributed by atoms with van der Waals surface area (Å²) in [5, 5.41) is 19.8. The fourth-order valence-corrected chi connectivity index (χ4v) is 3.84. The monoisotopic (exact) mass is 438 g/mol. The van der Waals surface area contributed by atoms with Crippen LogP contribution in [0.5, 0.6) is 11.6 Å². The predicted molar refractivity (Wildman–Crippen MR) is 110 cm³/mol. The number of pyridine rings is 1. The average molecular weight is 439 g/mol. The Hall–Kier alpha value is -2.51. The van der Waals surface area contributed by atoms with Crippen molar-refractivity contribution in [2.75, 3.05) is 0 Å². The number of rotatable bonds is 5. The van der Waals surface area contributed by atoms with E-state index in [0.29, 0.717) is 17.2 Å². The van der Waals surface area contributed by atoms with Gasteiger partial charge in [-0.1, -0.05) is 23.4 Å². The van der Waals surface area contributed by atoms with Gasteiger partial charge in [-0.25, -0.2) is 9.67 Å². The van der Waals surface area contributed by atoms with E-state index in [1.807, 2.05) is 47.1 Å². The lowest BCUT2D eigenvalue weighted by molar-refractivity contribution is 0.195. The quantitative estimate of drug-likeness (QED) is 0.474. The number of hydrogen-bond acceptors (Lipinski definition) is 5. The molecule has 0 saturated heterocycles. The van der Waals surface area contributed by atoms with E-state index >= 15 is 0 Å². The molecule has 0 bridgehead atoms. The number of ether oxygens (including phenoxy) is 1. The maximum absolute atomic E-state index is 10.2. The highest BCUT2D eigenvalue weighted by atomic mass is 79.9. The molecule has 4 aromatic rings. The van der Waals surface area contributed by atoms with Crippen molar-refractivity contribution >= 4 is 37.9 Å². The van der Waals surface area contributed by atoms with Crippen LogP contribution >= 0.6 is 15.9 Å². The van der Waals surface area contributed by atoms with Crippen LogP contribution in [0.4, 0.5) is 0 Å². The Bertz CT molecular complexity index is 1180. The molecule has 0 aliphatic heterocycles. The number of para-hydroxylation sites is 1. The third kappa shape index (κ3) is 3.14. The third-order valence-electron chi connectivity index (χ3n) is 5.09. The summed E-state index contributed by atoms with van der Waals surface area (Å²) >= 11 is 3.61. The molecular formula is C21H19BrN4O2. The normalized spacial score (nSPS) is 15.2. The molecule has 7 heteroatoms. The van der Waals surface area contributed by atoms with Crippen LogP contribution in [0.25, 0.3) is 21.9 Å². The summed E-state index contributed by atoms with van der Waals surface area (Å²) in [6.07, 6.45) is 1.83. The van der Waals surface area contributed by atoms with Gasteiger partial charge in [0.05, 0.1) is 21.6 Å². The second-order valence-electron chi connectivity index (χ2n) is 7.31. The molecule has 28 heavy (non-hydrogen) atoms. The Morgan fingerprint density at radius 1 is 1.25 bits per heavy atom. The van der Waals surface area contributed by atoms with Gasteiger partial charge in [0, 0.05) is 17.5 Å². The van der Waals surface area contributed by atoms with Crippen LogP contribution in [-0.2, 0) is 6.54 Å². The van der Waals surface area contributed by atoms with Crippen molar-refractivity contribution in [3.05, 3.63) is 52.5 Å². The molecule has 142 valence electrons. The fourth-order valence-electron chi connectivity index (χ4n) is 3.34. The van der Waals surface area contributed by atoms with E-state index < -0.39 is 6.10 Å². The van der Waals surface area contributed by atoms with Crippen molar-refractivity contribution in [1.82, 2.24) is 20.0 Å². The molecule has 2 aromatic carbocycles. The van der Waals surface area contributed by atoms with E-state index in [0.717, 1.165) is 38.9 Å². The molecule has 0 spiro atoms. The van der Waals surface area contributed by atoms with Crippen LogP contribution in [0.1, 0.15) is 31.4 Å². The Labute approximate surface area is 170 Å². The molecule has 1 aliphatic carbocycles. The first kappa shape index (κ1) is 17.6. The maximum atomic E-state index is 10.2. The molecule has 6 nitrogen and oxygen atoms in total. The Kier molecular flexibility index (Phi) is 4.29. The van der Waals surface area contributed by atoms with E-state index in [1.54, 1.807) is 6.92 Å². The highest BCUT2D eigenvalue weighted by molar-refractivity contribution is 9.10. The highest BCUT2D eigenvalue weighted by Crippen LogP contribution is 2.38. The minimum absolute atomic E-state index is 0.388. The molecule has 0 amide bonds. The van der Waals surface area contributed by atoms with Gasteiger partial charge in [0.15, 0.2) is 0 Å². The number of hydrogen-bond donors (Lipinski definition) is 1. The number of aromatic nitrogens is 4. The predicted octanol–water partition coefficient (Wildman–Crippen LogP) is 5.00. The molecular weight excluding hydrogens is 420 g/mol. The zero-order valence-corrected chi connectivity index (χ0v) is 16.9. The lowest BCUT2D eigenvalue weighted by Crippen LogP contribution is -2.02. The van der Waals surface area contributed by atoms with Crippen LogP contribution in [0.3, 0.4) is 0 Å². The number of aliphatic hydroxyl groups excluding tert-OH is 1. The summed E-state index contributed by atoms with van der Waals surface area (Å²) < 4.78 is 8.82. The number of fused-ring (bicyclic) bond motifs is 2. The van der Waals surface area contributed by atoms with E-state index in [9.17, 15) is 5.11 Å². The standard InChI is InChI=1S/C21H19BrN4O2/c1-12(27)15-10-14-4-2-3-5-16(14)23-21(15)28-18-9-8-17-20(19(18)22)24-25-26(17)11-13-6-7-13/h2-5,8-10,12-13,27H,6-7,11H2,1H3. The first-order valence-corrected chi connectivity index (χ1v) is 10.2. The van der Waals surface area contributed by atoms with Gasteiger partial charge in [-0.05, 0) is 65.9 Å². The summed E-state index contributed by atoms with van der Waals surface area (Å²) in [4.78, 5) is 4.62. The lowest BCUT2D eigenvalue weighted by Gasteiger charge is -2.14. The topological polar surface area (TPSA) is 73.1 Å². The SMILES string of the molecule is CC(O)c1cc2ccccc2nc1Oc1ccc2c(nnn2CC2CC2)c1Br. The summed E-state index contributed by atoms with van der Waals surface area (Å²) in [5.41, 5.74) is 3.20. The van der Waals surface area contributed by atoms with Gasteiger partial charge in [-0.15, -0.1) is 5.10 Å². The molecule has 1 saturated carbocycles. The molecule has 1 N–H and O–H groups in total. The Morgan fingerprint density at radius 2 is 2.07 bits per heavy atom. The van der Waals surface area contributed by atoms with Crippen LogP contribution in [0.15, 0.2) is 46.9 Å². The molecule has 1 unspecified atom stereocenters.